The summed E-state index contributed by atoms with van der Waals surface area (Å²) in [5.74, 6) is 5.19. The van der Waals surface area contributed by atoms with Gasteiger partial charge in [-0.2, -0.15) is 0 Å². The Morgan fingerprint density at radius 2 is 0.688 bits per heavy atom. The molecule has 0 radical (unpaired) electrons. The van der Waals surface area contributed by atoms with Crippen LogP contribution in [-0.2, 0) is 60.1 Å². The molecule has 0 aliphatic carbocycles. The monoisotopic (exact) mass is 2140 g/mol. The maximum Gasteiger partial charge on any atom is 0.330 e. The molecule has 4 aromatic heterocycles. The third kappa shape index (κ3) is 22.4. The zero-order valence-electron chi connectivity index (χ0n) is 80.2. The second kappa shape index (κ2) is 45.8. The number of nitrogens with two attached hydrogens (primary N) is 2. The van der Waals surface area contributed by atoms with Crippen LogP contribution >= 0.6 is 92.8 Å². The smallest absolute Gasteiger partial charge is 0.330 e. The number of para-hydroxylation sites is 1. The van der Waals surface area contributed by atoms with Crippen molar-refractivity contribution in [3.8, 4) is 46.0 Å². The topological polar surface area (TPSA) is 473 Å². The van der Waals surface area contributed by atoms with Crippen molar-refractivity contribution < 1.29 is 80.1 Å². The number of nitrogen functional groups attached to an aromatic ring is 2. The number of aromatic nitrogens is 8. The van der Waals surface area contributed by atoms with Gasteiger partial charge in [-0.05, 0) is 79.3 Å². The van der Waals surface area contributed by atoms with Crippen LogP contribution in [0, 0.1) is 47.9 Å². The molecule has 9 amide bonds. The van der Waals surface area contributed by atoms with Crippen molar-refractivity contribution in [1.82, 2.24) is 39.9 Å². The molecule has 0 bridgehead atoms. The summed E-state index contributed by atoms with van der Waals surface area (Å²) in [4.78, 5) is 132. The summed E-state index contributed by atoms with van der Waals surface area (Å²) in [6.07, 6.45) is 9.50. The van der Waals surface area contributed by atoms with Gasteiger partial charge in [0.2, 0.25) is 20.9 Å². The first-order chi connectivity index (χ1) is 68.3. The lowest BCUT2D eigenvalue weighted by atomic mass is 10.0. The number of aryl methyl sites for hydroxylation is 4. The minimum atomic E-state index is -3.62. The summed E-state index contributed by atoms with van der Waals surface area (Å²) in [6.45, 7) is 11.4. The number of nitro groups is 2. The Morgan fingerprint density at radius 3 is 0.986 bits per heavy atom. The SMILES string of the molecule is C=CC(=O)Nc1cccc(C)c1Cc1ncc2c(n1)N(C)C(=O)N(c1c(Cl)c(OC)cc(OC)c1Cl)C2.COc1cc(OC)c(Cl)c(N2Cc3cnc(Cc4c(C)cccc4N)nc3N(C)C2=O)c1Cl.COc1cc(OC)c(Cl)c(N2Cc3cnc(Cc4c(C)cccc4[N+](=O)[O-])nc3N(C)C2=O)c1Cl.COc1cc(OC)c(Cl)c(N2Cc3cnc(S(C)(=O)=O)nc3N(C)C2=O)c1Cl.Cc1cccc([N+](=O)[O-])c1N. The molecule has 49 heteroatoms. The number of nitrogens with zero attached hydrogens (tertiary/aromatic N) is 18. The van der Waals surface area contributed by atoms with Gasteiger partial charge in [0, 0.05) is 154 Å². The molecule has 754 valence electrons. The average Bonchev–Trinajstić information content (AvgIpc) is 0.745. The normalized spacial score (nSPS) is 13.0. The number of carbonyl (C=O) groups is 5. The van der Waals surface area contributed by atoms with Crippen molar-refractivity contribution in [2.24, 2.45) is 0 Å². The molecule has 144 heavy (non-hydrogen) atoms. The molecule has 12 aromatic rings. The Morgan fingerprint density at radius 1 is 0.417 bits per heavy atom. The van der Waals surface area contributed by atoms with Gasteiger partial charge >= 0.3 is 24.1 Å². The third-order valence-electron chi connectivity index (χ3n) is 23.1. The van der Waals surface area contributed by atoms with E-state index in [0.717, 1.165) is 45.2 Å². The fourth-order valence-corrected chi connectivity index (χ4v) is 18.8. The van der Waals surface area contributed by atoms with Crippen LogP contribution < -0.4 is 93.9 Å². The molecule has 4 aliphatic heterocycles. The minimum absolute atomic E-state index is 0.00168. The van der Waals surface area contributed by atoms with Crippen LogP contribution in [0.15, 0.2) is 140 Å². The van der Waals surface area contributed by atoms with Crippen LogP contribution in [0.25, 0.3) is 0 Å². The van der Waals surface area contributed by atoms with E-state index in [1.807, 2.05) is 50.2 Å². The zero-order chi connectivity index (χ0) is 105. The van der Waals surface area contributed by atoms with Crippen LogP contribution in [0.2, 0.25) is 40.2 Å². The van der Waals surface area contributed by atoms with Crippen LogP contribution in [0.1, 0.15) is 78.7 Å². The van der Waals surface area contributed by atoms with Crippen molar-refractivity contribution in [1.29, 1.82) is 0 Å². The predicted molar refractivity (Wildman–Crippen MR) is 554 cm³/mol. The second-order valence-electron chi connectivity index (χ2n) is 32.0. The van der Waals surface area contributed by atoms with E-state index in [1.165, 1.54) is 134 Å². The van der Waals surface area contributed by atoms with E-state index in [9.17, 15) is 52.6 Å². The number of amides is 9. The number of halogens is 8. The Balaban J connectivity index is 0.000000166. The lowest BCUT2D eigenvalue weighted by Gasteiger charge is -2.35. The highest BCUT2D eigenvalue weighted by Crippen LogP contribution is 2.53. The van der Waals surface area contributed by atoms with E-state index in [1.54, 1.807) is 96.0 Å². The largest absolute Gasteiger partial charge is 0.495 e. The van der Waals surface area contributed by atoms with Crippen molar-refractivity contribution in [3.63, 3.8) is 0 Å². The highest BCUT2D eigenvalue weighted by Gasteiger charge is 2.41. The van der Waals surface area contributed by atoms with Crippen molar-refractivity contribution in [2.45, 2.75) is 78.3 Å². The predicted octanol–water partition coefficient (Wildman–Crippen LogP) is 19.7. The number of methoxy groups -OCH3 is 8. The quantitative estimate of drug-likeness (QED) is 0.0176. The number of hydrogen-bond donors (Lipinski definition) is 3. The Bertz CT molecular complexity index is 7130. The first-order valence-corrected chi connectivity index (χ1v) is 47.6. The second-order valence-corrected chi connectivity index (χ2v) is 36.9. The Labute approximate surface area is 866 Å². The molecule has 4 aliphatic rings. The number of sulfone groups is 1. The number of benzene rings is 8. The first-order valence-electron chi connectivity index (χ1n) is 42.7. The number of urea groups is 4. The third-order valence-corrected chi connectivity index (χ3v) is 26.9. The van der Waals surface area contributed by atoms with Gasteiger partial charge in [0.1, 0.15) is 133 Å². The maximum atomic E-state index is 13.5. The lowest BCUT2D eigenvalue weighted by molar-refractivity contribution is -0.385. The van der Waals surface area contributed by atoms with Gasteiger partial charge < -0.3 is 54.7 Å². The van der Waals surface area contributed by atoms with Gasteiger partial charge in [-0.15, -0.1) is 0 Å². The summed E-state index contributed by atoms with van der Waals surface area (Å²) in [6, 6.07) is 25.5. The van der Waals surface area contributed by atoms with Crippen molar-refractivity contribution in [3.05, 3.63) is 274 Å². The summed E-state index contributed by atoms with van der Waals surface area (Å²) >= 11 is 52.1. The zero-order valence-corrected chi connectivity index (χ0v) is 87.0. The molecule has 0 spiro atoms. The number of carbonyl (C=O) groups excluding carboxylic acids is 5. The molecule has 5 N–H and O–H groups in total. The number of nitrogens with one attached hydrogen (secondary N) is 1. The highest BCUT2D eigenvalue weighted by atomic mass is 35.5. The molecular weight excluding hydrogens is 2050 g/mol. The summed E-state index contributed by atoms with van der Waals surface area (Å²) < 4.78 is 66.0. The fourth-order valence-electron chi connectivity index (χ4n) is 15.5. The first kappa shape index (κ1) is 108. The van der Waals surface area contributed by atoms with Crippen LogP contribution in [0.4, 0.5) is 93.6 Å². The van der Waals surface area contributed by atoms with Gasteiger partial charge in [0.05, 0.1) is 116 Å². The van der Waals surface area contributed by atoms with Gasteiger partial charge in [-0.1, -0.05) is 148 Å². The summed E-state index contributed by atoms with van der Waals surface area (Å²) in [5.41, 5.74) is 22.6. The van der Waals surface area contributed by atoms with Crippen LogP contribution in [0.5, 0.6) is 46.0 Å². The molecule has 40 nitrogen and oxygen atoms in total. The van der Waals surface area contributed by atoms with E-state index in [-0.39, 0.29) is 147 Å². The molecule has 0 saturated carbocycles. The number of nitro benzene ring substituents is 2. The summed E-state index contributed by atoms with van der Waals surface area (Å²) in [5, 5.41) is 25.6. The maximum absolute atomic E-state index is 13.5. The molecular formula is C95H93Cl8N21O19S. The number of fused-ring (bicyclic) bond motifs is 4. The minimum Gasteiger partial charge on any atom is -0.495 e. The van der Waals surface area contributed by atoms with E-state index in [4.69, 9.17) is 142 Å². The molecule has 16 rings (SSSR count). The number of rotatable bonds is 23. The fraction of sp³-hybridized carbons (Fsp3) is 0.253. The van der Waals surface area contributed by atoms with Crippen molar-refractivity contribution in [2.75, 3.05) is 147 Å². The standard InChI is InChI=1S/C26H25Cl2N5O4.C23H21Cl2N5O5.C23H23Cl2N5O3.C16H16Cl2N4O5S.C7H8N2O2/c1-6-21(34)30-17-9-7-8-14(2)16(17)10-20-29-12-15-13-33(26(35)32(3)25(15)31-20)24-22(27)18(36-4)11-19(37-5)23(24)28;1-12-6-5-7-15(30(32)33)14(12)8-18-26-10-13-11-29(23(31)28(2)22(13)27-18)21-19(24)16(34-3)9-17(35-4)20(21)25;1-12-6-5-7-15(26)14(12)8-18-27-10-13-11-30(23(31)29(2)22(13)28-18)21-19(24)16(32-3)9-17(33-4)20(21)25;1-21-14-8(6-19-15(20-14)28(4,24)25)7-22(16(21)23)13-11(17)9(26-2)5-10(27-3)12(13)18;1-5-3-2-4-6(7(5)8)9(10)11/h6-9,11-12H,1,10,13H2,2-5H3,(H,30,34);5-7,9-10H,8,11H2,1-4H3;5-7,9-10H,8,11,26H2,1-4H3;5-6H,7H2,1-4H3;2-4H,8H2,1H3. The van der Waals surface area contributed by atoms with Crippen LogP contribution in [-0.4, -0.2) is 179 Å². The van der Waals surface area contributed by atoms with Gasteiger partial charge in [0.15, 0.2) is 0 Å². The number of anilines is 11. The molecule has 8 aromatic carbocycles. The average molecular weight is 2150 g/mol. The summed E-state index contributed by atoms with van der Waals surface area (Å²) in [7, 11) is 14.3. The van der Waals surface area contributed by atoms with E-state index in [0.29, 0.717) is 122 Å². The van der Waals surface area contributed by atoms with Gasteiger partial charge in [-0.3, -0.25) is 64.2 Å². The van der Waals surface area contributed by atoms with Crippen molar-refractivity contribution >= 4 is 207 Å². The van der Waals surface area contributed by atoms with Crippen LogP contribution in [0.3, 0.4) is 0 Å². The Hall–Kier alpha value is -14.6. The van der Waals surface area contributed by atoms with E-state index < -0.39 is 31.7 Å². The molecule has 0 saturated heterocycles. The lowest BCUT2D eigenvalue weighted by Crippen LogP contribution is -2.46. The highest BCUT2D eigenvalue weighted by molar-refractivity contribution is 7.90. The molecule has 0 fully saturated rings. The van der Waals surface area contributed by atoms with E-state index >= 15 is 0 Å². The molecule has 0 unspecified atom stereocenters. The number of ether oxygens (including phenoxy) is 8. The number of hydrogen-bond acceptors (Lipinski definition) is 29. The Kier molecular flexibility index (Phi) is 34.4. The van der Waals surface area contributed by atoms with E-state index in [2.05, 4.69) is 51.8 Å². The van der Waals surface area contributed by atoms with Gasteiger partial charge in [0.25, 0.3) is 11.4 Å². The van der Waals surface area contributed by atoms with Gasteiger partial charge in [-0.25, -0.2) is 67.5 Å². The molecule has 0 atom stereocenters. The molecule has 8 heterocycles.